The van der Waals surface area contributed by atoms with Gasteiger partial charge in [0.1, 0.15) is 17.3 Å². The smallest absolute Gasteiger partial charge is 0.267 e. The van der Waals surface area contributed by atoms with Crippen LogP contribution in [0.3, 0.4) is 0 Å². The Morgan fingerprint density at radius 3 is 2.88 bits per heavy atom. The van der Waals surface area contributed by atoms with Gasteiger partial charge in [0, 0.05) is 23.3 Å². The van der Waals surface area contributed by atoms with E-state index in [0.717, 1.165) is 11.3 Å². The third-order valence-electron chi connectivity index (χ3n) is 3.33. The van der Waals surface area contributed by atoms with Gasteiger partial charge in [0.2, 0.25) is 5.88 Å². The molecule has 2 aromatic heterocycles. The third kappa shape index (κ3) is 4.07. The zero-order valence-electron chi connectivity index (χ0n) is 13.2. The molecule has 1 aromatic carbocycles. The molecule has 0 unspecified atom stereocenters. The van der Waals surface area contributed by atoms with Crippen LogP contribution in [0.5, 0.6) is 5.88 Å². The Bertz CT molecular complexity index is 899. The summed E-state index contributed by atoms with van der Waals surface area (Å²) < 4.78 is 24.2. The van der Waals surface area contributed by atoms with Crippen molar-refractivity contribution in [3.05, 3.63) is 52.2 Å². The first-order chi connectivity index (χ1) is 12.1. The number of anilines is 1. The molecule has 0 saturated carbocycles. The van der Waals surface area contributed by atoms with Gasteiger partial charge in [0.05, 0.1) is 23.5 Å². The molecule has 0 fully saturated rings. The lowest BCUT2D eigenvalue weighted by Gasteiger charge is -2.06. The molecule has 2 heterocycles. The maximum Gasteiger partial charge on any atom is 0.267 e. The molecule has 1 N–H and O–H groups in total. The number of ether oxygens (including phenoxy) is 2. The van der Waals surface area contributed by atoms with Crippen molar-refractivity contribution in [2.24, 2.45) is 0 Å². The van der Waals surface area contributed by atoms with Crippen molar-refractivity contribution in [1.82, 2.24) is 4.98 Å². The zero-order chi connectivity index (χ0) is 17.8. The van der Waals surface area contributed by atoms with Gasteiger partial charge in [0.25, 0.3) is 5.91 Å². The molecule has 0 atom stereocenters. The lowest BCUT2D eigenvalue weighted by molar-refractivity contribution is 0.103. The molecule has 5 nitrogen and oxygen atoms in total. The van der Waals surface area contributed by atoms with E-state index in [0.29, 0.717) is 44.8 Å². The molecule has 130 valence electrons. The summed E-state index contributed by atoms with van der Waals surface area (Å²) in [6, 6.07) is 7.56. The number of carbonyl (C=O) groups excluding carboxylic acids is 1. The van der Waals surface area contributed by atoms with Crippen LogP contribution in [0, 0.1) is 5.82 Å². The second-order valence-corrected chi connectivity index (χ2v) is 6.50. The summed E-state index contributed by atoms with van der Waals surface area (Å²) in [7, 11) is 1.59. The van der Waals surface area contributed by atoms with Gasteiger partial charge in [0.15, 0.2) is 0 Å². The quantitative estimate of drug-likeness (QED) is 0.645. The Hall–Kier alpha value is -2.22. The molecular formula is C17H14ClFN2O3S. The van der Waals surface area contributed by atoms with Crippen molar-refractivity contribution in [3.63, 3.8) is 0 Å². The lowest BCUT2D eigenvalue weighted by Crippen LogP contribution is -2.11. The first-order valence-electron chi connectivity index (χ1n) is 7.35. The monoisotopic (exact) mass is 380 g/mol. The van der Waals surface area contributed by atoms with Gasteiger partial charge in [-0.25, -0.2) is 9.37 Å². The highest BCUT2D eigenvalue weighted by Crippen LogP contribution is 2.36. The molecule has 0 spiro atoms. The number of thiophene rings is 1. The van der Waals surface area contributed by atoms with Crippen LogP contribution in [0.1, 0.15) is 9.67 Å². The Kier molecular flexibility index (Phi) is 5.47. The Labute approximate surface area is 152 Å². The van der Waals surface area contributed by atoms with E-state index >= 15 is 0 Å². The van der Waals surface area contributed by atoms with Crippen LogP contribution in [0.4, 0.5) is 10.1 Å². The van der Waals surface area contributed by atoms with Crippen LogP contribution in [0.15, 0.2) is 36.5 Å². The largest absolute Gasteiger partial charge is 0.475 e. The fraction of sp³-hybridized carbons (Fsp3) is 0.176. The first-order valence-corrected chi connectivity index (χ1v) is 8.54. The Morgan fingerprint density at radius 2 is 2.16 bits per heavy atom. The maximum atomic E-state index is 13.3. The van der Waals surface area contributed by atoms with E-state index in [1.54, 1.807) is 25.3 Å². The molecule has 0 aliphatic carbocycles. The predicted molar refractivity (Wildman–Crippen MR) is 96.4 cm³/mol. The molecule has 1 amide bonds. The van der Waals surface area contributed by atoms with Crippen molar-refractivity contribution >= 4 is 44.6 Å². The second-order valence-electron chi connectivity index (χ2n) is 5.07. The molecule has 0 aliphatic heterocycles. The van der Waals surface area contributed by atoms with Crippen molar-refractivity contribution in [1.29, 1.82) is 0 Å². The first kappa shape index (κ1) is 17.6. The highest BCUT2D eigenvalue weighted by atomic mass is 35.5. The van der Waals surface area contributed by atoms with E-state index in [1.165, 1.54) is 18.3 Å². The van der Waals surface area contributed by atoms with Gasteiger partial charge in [-0.2, -0.15) is 0 Å². The molecule has 3 aromatic rings. The number of hydrogen-bond donors (Lipinski definition) is 1. The van der Waals surface area contributed by atoms with Crippen LogP contribution in [-0.2, 0) is 4.74 Å². The van der Waals surface area contributed by atoms with E-state index in [2.05, 4.69) is 10.3 Å². The normalized spacial score (nSPS) is 10.8. The van der Waals surface area contributed by atoms with Crippen molar-refractivity contribution in [2.75, 3.05) is 25.6 Å². The molecule has 0 aliphatic rings. The third-order valence-corrected chi connectivity index (χ3v) is 4.99. The zero-order valence-corrected chi connectivity index (χ0v) is 14.8. The second kappa shape index (κ2) is 7.77. The van der Waals surface area contributed by atoms with Gasteiger partial charge >= 0.3 is 0 Å². The van der Waals surface area contributed by atoms with Gasteiger partial charge in [-0.1, -0.05) is 11.6 Å². The van der Waals surface area contributed by atoms with Crippen molar-refractivity contribution in [2.45, 2.75) is 0 Å². The molecular weight excluding hydrogens is 367 g/mol. The summed E-state index contributed by atoms with van der Waals surface area (Å²) >= 11 is 7.39. The summed E-state index contributed by atoms with van der Waals surface area (Å²) in [6.07, 6.45) is 1.49. The van der Waals surface area contributed by atoms with Gasteiger partial charge < -0.3 is 14.8 Å². The minimum atomic E-state index is -0.374. The number of benzene rings is 1. The number of fused-ring (bicyclic) bond motifs is 1. The topological polar surface area (TPSA) is 60.5 Å². The van der Waals surface area contributed by atoms with Crippen LogP contribution < -0.4 is 10.1 Å². The van der Waals surface area contributed by atoms with E-state index < -0.39 is 0 Å². The number of carbonyl (C=O) groups is 1. The number of aromatic nitrogens is 1. The fourth-order valence-electron chi connectivity index (χ4n) is 2.14. The summed E-state index contributed by atoms with van der Waals surface area (Å²) in [5.74, 6) is -0.308. The summed E-state index contributed by atoms with van der Waals surface area (Å²) in [5, 5.41) is 3.68. The number of halogens is 2. The Balaban J connectivity index is 1.73. The average Bonchev–Trinajstić information content (AvgIpc) is 2.93. The number of pyridine rings is 1. The lowest BCUT2D eigenvalue weighted by atomic mass is 10.2. The average molecular weight is 381 g/mol. The number of amides is 1. The van der Waals surface area contributed by atoms with E-state index in [4.69, 9.17) is 21.1 Å². The standard InChI is InChI=1S/C17H14ClFN2O3S/c1-23-6-7-24-14-5-3-11(9-20-14)21-17(22)16-15(18)12-4-2-10(19)8-13(12)25-16/h2-5,8-9H,6-7H2,1H3,(H,21,22). The molecule has 0 bridgehead atoms. The van der Waals surface area contributed by atoms with Crippen molar-refractivity contribution < 1.29 is 18.7 Å². The highest BCUT2D eigenvalue weighted by molar-refractivity contribution is 7.21. The minimum absolute atomic E-state index is 0.310. The molecule has 25 heavy (non-hydrogen) atoms. The molecule has 0 saturated heterocycles. The summed E-state index contributed by atoms with van der Waals surface area (Å²) in [4.78, 5) is 16.9. The molecule has 3 rings (SSSR count). The minimum Gasteiger partial charge on any atom is -0.475 e. The van der Waals surface area contributed by atoms with E-state index in [-0.39, 0.29) is 11.7 Å². The van der Waals surface area contributed by atoms with E-state index in [1.807, 2.05) is 0 Å². The number of methoxy groups -OCH3 is 1. The van der Waals surface area contributed by atoms with Crippen LogP contribution in [0.2, 0.25) is 5.02 Å². The summed E-state index contributed by atoms with van der Waals surface area (Å²) in [5.41, 5.74) is 0.504. The highest BCUT2D eigenvalue weighted by Gasteiger charge is 2.17. The Morgan fingerprint density at radius 1 is 1.32 bits per heavy atom. The summed E-state index contributed by atoms with van der Waals surface area (Å²) in [6.45, 7) is 0.856. The fourth-order valence-corrected chi connectivity index (χ4v) is 3.58. The number of nitrogens with zero attached hydrogens (tertiary/aromatic N) is 1. The van der Waals surface area contributed by atoms with Crippen LogP contribution in [-0.4, -0.2) is 31.2 Å². The molecule has 8 heteroatoms. The SMILES string of the molecule is COCCOc1ccc(NC(=O)c2sc3cc(F)ccc3c2Cl)cn1. The van der Waals surface area contributed by atoms with Gasteiger partial charge in [-0.15, -0.1) is 11.3 Å². The van der Waals surface area contributed by atoms with Gasteiger partial charge in [-0.3, -0.25) is 4.79 Å². The molecule has 0 radical (unpaired) electrons. The number of nitrogens with one attached hydrogen (secondary N) is 1. The van der Waals surface area contributed by atoms with Crippen LogP contribution >= 0.6 is 22.9 Å². The number of hydrogen-bond acceptors (Lipinski definition) is 5. The van der Waals surface area contributed by atoms with E-state index in [9.17, 15) is 9.18 Å². The van der Waals surface area contributed by atoms with Crippen LogP contribution in [0.25, 0.3) is 10.1 Å². The number of rotatable bonds is 6. The van der Waals surface area contributed by atoms with Gasteiger partial charge in [-0.05, 0) is 24.3 Å². The van der Waals surface area contributed by atoms with Crippen molar-refractivity contribution in [3.8, 4) is 5.88 Å². The predicted octanol–water partition coefficient (Wildman–Crippen LogP) is 4.37. The maximum absolute atomic E-state index is 13.3.